The molecule has 1 N–H and O–H groups in total. The summed E-state index contributed by atoms with van der Waals surface area (Å²) in [6.45, 7) is 1.89. The zero-order chi connectivity index (χ0) is 13.2. The van der Waals surface area contributed by atoms with Crippen molar-refractivity contribution in [1.29, 1.82) is 0 Å². The molecule has 0 heterocycles. The van der Waals surface area contributed by atoms with Crippen molar-refractivity contribution in [3.63, 3.8) is 0 Å². The average Bonchev–Trinajstić information content (AvgIpc) is 2.32. The monoisotopic (exact) mass is 270 g/mol. The van der Waals surface area contributed by atoms with Crippen LogP contribution in [-0.4, -0.2) is 25.7 Å². The number of benzene rings is 1. The predicted octanol–water partition coefficient (Wildman–Crippen LogP) is 2.00. The number of hydrogen-bond donors (Lipinski definition) is 1. The highest BCUT2D eigenvalue weighted by atomic mass is 32.2. The van der Waals surface area contributed by atoms with Crippen molar-refractivity contribution in [2.45, 2.75) is 49.7 Å². The summed E-state index contributed by atoms with van der Waals surface area (Å²) < 4.78 is 29.2. The van der Waals surface area contributed by atoms with Gasteiger partial charge in [-0.2, -0.15) is 8.42 Å². The van der Waals surface area contributed by atoms with Gasteiger partial charge in [-0.15, -0.1) is 0 Å². The first-order valence-corrected chi connectivity index (χ1v) is 7.58. The highest BCUT2D eigenvalue weighted by Crippen LogP contribution is 2.25. The molecule has 0 amide bonds. The van der Waals surface area contributed by atoms with Crippen LogP contribution in [0.5, 0.6) is 0 Å². The van der Waals surface area contributed by atoms with Crippen LogP contribution in [0.3, 0.4) is 0 Å². The van der Waals surface area contributed by atoms with Crippen LogP contribution in [0.25, 0.3) is 0 Å². The summed E-state index contributed by atoms with van der Waals surface area (Å²) in [5.74, 6) is 0. The van der Waals surface area contributed by atoms with Crippen molar-refractivity contribution in [3.05, 3.63) is 29.8 Å². The highest BCUT2D eigenvalue weighted by Gasteiger charge is 2.29. The van der Waals surface area contributed by atoms with Gasteiger partial charge in [-0.1, -0.05) is 30.5 Å². The Bertz CT molecular complexity index is 492. The van der Waals surface area contributed by atoms with Gasteiger partial charge in [0.15, 0.2) is 0 Å². The van der Waals surface area contributed by atoms with Crippen molar-refractivity contribution in [2.75, 3.05) is 0 Å². The van der Waals surface area contributed by atoms with Gasteiger partial charge in [0.05, 0.1) is 11.0 Å². The number of aliphatic hydroxyl groups is 1. The molecule has 0 spiro atoms. The molecule has 1 aliphatic carbocycles. The van der Waals surface area contributed by atoms with Crippen LogP contribution in [0.4, 0.5) is 0 Å². The largest absolute Gasteiger partial charge is 0.390 e. The molecule has 1 saturated carbocycles. The van der Waals surface area contributed by atoms with Gasteiger partial charge in [-0.3, -0.25) is 4.18 Å². The molecule has 0 aliphatic heterocycles. The van der Waals surface area contributed by atoms with Gasteiger partial charge >= 0.3 is 0 Å². The van der Waals surface area contributed by atoms with Crippen LogP contribution in [-0.2, 0) is 14.3 Å². The van der Waals surface area contributed by atoms with E-state index in [0.29, 0.717) is 12.8 Å². The van der Waals surface area contributed by atoms with E-state index in [1.165, 1.54) is 12.1 Å². The van der Waals surface area contributed by atoms with Gasteiger partial charge in [-0.05, 0) is 31.9 Å². The Labute approximate surface area is 108 Å². The quantitative estimate of drug-likeness (QED) is 0.853. The van der Waals surface area contributed by atoms with Crippen molar-refractivity contribution in [3.8, 4) is 0 Å². The minimum atomic E-state index is -3.77. The lowest BCUT2D eigenvalue weighted by Gasteiger charge is -2.26. The predicted molar refractivity (Wildman–Crippen MR) is 67.7 cm³/mol. The molecule has 1 unspecified atom stereocenters. The Morgan fingerprint density at radius 1 is 1.17 bits per heavy atom. The molecule has 0 aromatic heterocycles. The molecule has 4 nitrogen and oxygen atoms in total. The minimum absolute atomic E-state index is 0.144. The standard InChI is InChI=1S/C13H18O4S/c1-10-6-8-11(9-7-10)18(15,16)17-13-5-3-2-4-12(13)14/h6-9,12-14H,2-5H2,1H3/t12?,13-/m1/s1. The van der Waals surface area contributed by atoms with Crippen LogP contribution >= 0.6 is 0 Å². The van der Waals surface area contributed by atoms with Crippen molar-refractivity contribution >= 4 is 10.1 Å². The second-order valence-electron chi connectivity index (χ2n) is 4.75. The zero-order valence-corrected chi connectivity index (χ0v) is 11.2. The molecule has 1 aromatic rings. The van der Waals surface area contributed by atoms with Gasteiger partial charge in [-0.25, -0.2) is 0 Å². The molecule has 18 heavy (non-hydrogen) atoms. The van der Waals surface area contributed by atoms with E-state index in [-0.39, 0.29) is 4.90 Å². The molecule has 2 rings (SSSR count). The Kier molecular flexibility index (Phi) is 4.04. The van der Waals surface area contributed by atoms with E-state index in [4.69, 9.17) is 4.18 Å². The van der Waals surface area contributed by atoms with Gasteiger partial charge in [0.2, 0.25) is 0 Å². The van der Waals surface area contributed by atoms with E-state index in [0.717, 1.165) is 18.4 Å². The summed E-state index contributed by atoms with van der Waals surface area (Å²) in [6.07, 6.45) is 1.72. The molecule has 1 fully saturated rings. The van der Waals surface area contributed by atoms with Gasteiger partial charge in [0.1, 0.15) is 6.10 Å². The number of hydrogen-bond acceptors (Lipinski definition) is 4. The lowest BCUT2D eigenvalue weighted by molar-refractivity contribution is 0.0105. The van der Waals surface area contributed by atoms with Crippen LogP contribution in [0.2, 0.25) is 0 Å². The Balaban J connectivity index is 2.13. The Hall–Kier alpha value is -0.910. The molecule has 1 aliphatic rings. The summed E-state index contributed by atoms with van der Waals surface area (Å²) in [7, 11) is -3.77. The van der Waals surface area contributed by atoms with E-state index in [1.54, 1.807) is 12.1 Å². The summed E-state index contributed by atoms with van der Waals surface area (Å²) >= 11 is 0. The average molecular weight is 270 g/mol. The number of aliphatic hydroxyl groups excluding tert-OH is 1. The molecular formula is C13H18O4S. The van der Waals surface area contributed by atoms with E-state index in [1.807, 2.05) is 6.92 Å². The van der Waals surface area contributed by atoms with E-state index in [9.17, 15) is 13.5 Å². The maximum absolute atomic E-state index is 12.0. The minimum Gasteiger partial charge on any atom is -0.390 e. The topological polar surface area (TPSA) is 63.6 Å². The van der Waals surface area contributed by atoms with Crippen LogP contribution in [0.1, 0.15) is 31.2 Å². The van der Waals surface area contributed by atoms with Gasteiger partial charge < -0.3 is 5.11 Å². The first kappa shape index (κ1) is 13.5. The normalized spacial score (nSPS) is 25.0. The zero-order valence-electron chi connectivity index (χ0n) is 10.4. The molecule has 1 aromatic carbocycles. The SMILES string of the molecule is Cc1ccc(S(=O)(=O)O[C@@H]2CCCCC2O)cc1. The van der Waals surface area contributed by atoms with E-state index < -0.39 is 22.3 Å². The highest BCUT2D eigenvalue weighted by molar-refractivity contribution is 7.86. The third-order valence-corrected chi connectivity index (χ3v) is 4.58. The van der Waals surface area contributed by atoms with Crippen LogP contribution in [0.15, 0.2) is 29.2 Å². The number of rotatable bonds is 3. The fourth-order valence-corrected chi connectivity index (χ4v) is 3.24. The summed E-state index contributed by atoms with van der Waals surface area (Å²) in [4.78, 5) is 0.144. The van der Waals surface area contributed by atoms with E-state index in [2.05, 4.69) is 0 Å². The van der Waals surface area contributed by atoms with Crippen molar-refractivity contribution < 1.29 is 17.7 Å². The first-order valence-electron chi connectivity index (χ1n) is 6.17. The second-order valence-corrected chi connectivity index (χ2v) is 6.33. The summed E-state index contributed by atoms with van der Waals surface area (Å²) in [6, 6.07) is 6.51. The van der Waals surface area contributed by atoms with Crippen LogP contribution < -0.4 is 0 Å². The summed E-state index contributed by atoms with van der Waals surface area (Å²) in [5.41, 5.74) is 0.992. The van der Waals surface area contributed by atoms with Crippen molar-refractivity contribution in [1.82, 2.24) is 0 Å². The smallest absolute Gasteiger partial charge is 0.297 e. The molecular weight excluding hydrogens is 252 g/mol. The molecule has 100 valence electrons. The first-order chi connectivity index (χ1) is 8.49. The Morgan fingerprint density at radius 3 is 2.39 bits per heavy atom. The van der Waals surface area contributed by atoms with Gasteiger partial charge in [0, 0.05) is 0 Å². The lowest BCUT2D eigenvalue weighted by Crippen LogP contribution is -2.34. The molecule has 5 heteroatoms. The second kappa shape index (κ2) is 5.38. The fourth-order valence-electron chi connectivity index (χ4n) is 2.11. The maximum atomic E-state index is 12.0. The lowest BCUT2D eigenvalue weighted by atomic mass is 9.95. The number of aryl methyl sites for hydroxylation is 1. The third kappa shape index (κ3) is 3.10. The fraction of sp³-hybridized carbons (Fsp3) is 0.538. The summed E-state index contributed by atoms with van der Waals surface area (Å²) in [5, 5.41) is 9.73. The molecule has 2 atom stereocenters. The van der Waals surface area contributed by atoms with Gasteiger partial charge in [0.25, 0.3) is 10.1 Å². The Morgan fingerprint density at radius 2 is 1.78 bits per heavy atom. The van der Waals surface area contributed by atoms with Crippen LogP contribution in [0, 0.1) is 6.92 Å². The van der Waals surface area contributed by atoms with E-state index >= 15 is 0 Å². The molecule has 0 saturated heterocycles. The molecule has 0 bridgehead atoms. The third-order valence-electron chi connectivity index (χ3n) is 3.23. The molecule has 0 radical (unpaired) electrons. The maximum Gasteiger partial charge on any atom is 0.297 e. The van der Waals surface area contributed by atoms with Crippen molar-refractivity contribution in [2.24, 2.45) is 0 Å².